The van der Waals surface area contributed by atoms with Gasteiger partial charge >= 0.3 is 0 Å². The van der Waals surface area contributed by atoms with E-state index < -0.39 is 0 Å². The minimum Gasteiger partial charge on any atom is -0.300 e. The van der Waals surface area contributed by atoms with Gasteiger partial charge in [0.1, 0.15) is 0 Å². The molecule has 0 unspecified atom stereocenters. The number of aliphatic imine (C=N–C) groups is 1. The van der Waals surface area contributed by atoms with Crippen molar-refractivity contribution in [2.75, 3.05) is 7.05 Å². The molecule has 2 rings (SSSR count). The van der Waals surface area contributed by atoms with Crippen LogP contribution in [0, 0.1) is 0 Å². The van der Waals surface area contributed by atoms with E-state index in [1.807, 2.05) is 42.5 Å². The van der Waals surface area contributed by atoms with Crippen molar-refractivity contribution in [2.24, 2.45) is 4.99 Å². The first-order chi connectivity index (χ1) is 7.81. The van der Waals surface area contributed by atoms with Gasteiger partial charge in [0.25, 0.3) is 0 Å². The maximum atomic E-state index is 11.8. The minimum absolute atomic E-state index is 0.108. The molecule has 0 amide bonds. The molecule has 0 atom stereocenters. The lowest BCUT2D eigenvalue weighted by molar-refractivity contribution is 0.100. The van der Waals surface area contributed by atoms with Gasteiger partial charge < -0.3 is 4.99 Å². The van der Waals surface area contributed by atoms with Gasteiger partial charge in [-0.25, -0.2) is 0 Å². The summed E-state index contributed by atoms with van der Waals surface area (Å²) in [5.41, 5.74) is 0.749. The van der Waals surface area contributed by atoms with E-state index >= 15 is 0 Å². The van der Waals surface area contributed by atoms with E-state index in [0.29, 0.717) is 6.42 Å². The van der Waals surface area contributed by atoms with Gasteiger partial charge in [0.2, 0.25) is 0 Å². The first kappa shape index (κ1) is 10.6. The summed E-state index contributed by atoms with van der Waals surface area (Å²) in [6.07, 6.45) is 2.01. The van der Waals surface area contributed by atoms with E-state index in [1.54, 1.807) is 13.3 Å². The Morgan fingerprint density at radius 3 is 2.69 bits per heavy atom. The van der Waals surface area contributed by atoms with Gasteiger partial charge in [-0.15, -0.1) is 0 Å². The Hall–Kier alpha value is -1.96. The number of hydrogen-bond acceptors (Lipinski definition) is 2. The molecule has 0 spiro atoms. The summed E-state index contributed by atoms with van der Waals surface area (Å²) < 4.78 is 0. The molecule has 2 heteroatoms. The Kier molecular flexibility index (Phi) is 3.10. The Morgan fingerprint density at radius 2 is 1.94 bits per heavy atom. The van der Waals surface area contributed by atoms with Crippen molar-refractivity contribution in [1.82, 2.24) is 0 Å². The summed E-state index contributed by atoms with van der Waals surface area (Å²) in [6, 6.07) is 13.8. The second-order valence-electron chi connectivity index (χ2n) is 3.63. The maximum Gasteiger partial charge on any atom is 0.168 e. The van der Waals surface area contributed by atoms with Crippen LogP contribution in [0.5, 0.6) is 0 Å². The largest absolute Gasteiger partial charge is 0.300 e. The normalized spacial score (nSPS) is 11.1. The Morgan fingerprint density at radius 1 is 1.19 bits per heavy atom. The zero-order valence-electron chi connectivity index (χ0n) is 9.18. The standard InChI is InChI=1S/C14H13NO/c1-15-9-8-14(16)13-7-6-11-4-2-3-5-12(11)10-13/h2-7,9-10H,8H2,1H3. The van der Waals surface area contributed by atoms with Crippen LogP contribution in [0.4, 0.5) is 0 Å². The number of rotatable bonds is 3. The van der Waals surface area contributed by atoms with Crippen molar-refractivity contribution >= 4 is 22.8 Å². The quantitative estimate of drug-likeness (QED) is 0.566. The first-order valence-corrected chi connectivity index (χ1v) is 5.24. The lowest BCUT2D eigenvalue weighted by Crippen LogP contribution is -1.99. The molecule has 0 aliphatic rings. The highest BCUT2D eigenvalue weighted by atomic mass is 16.1. The molecule has 0 aliphatic carbocycles. The van der Waals surface area contributed by atoms with Gasteiger partial charge in [-0.3, -0.25) is 4.79 Å². The third kappa shape index (κ3) is 2.16. The third-order valence-corrected chi connectivity index (χ3v) is 2.53. The summed E-state index contributed by atoms with van der Waals surface area (Å²) in [4.78, 5) is 15.6. The zero-order chi connectivity index (χ0) is 11.4. The van der Waals surface area contributed by atoms with E-state index in [0.717, 1.165) is 16.3 Å². The second kappa shape index (κ2) is 4.71. The van der Waals surface area contributed by atoms with Crippen LogP contribution in [-0.2, 0) is 0 Å². The predicted octanol–water partition coefficient (Wildman–Crippen LogP) is 3.11. The second-order valence-corrected chi connectivity index (χ2v) is 3.63. The maximum absolute atomic E-state index is 11.8. The van der Waals surface area contributed by atoms with E-state index in [1.165, 1.54) is 0 Å². The van der Waals surface area contributed by atoms with E-state index in [9.17, 15) is 4.79 Å². The lowest BCUT2D eigenvalue weighted by Gasteiger charge is -2.01. The molecule has 0 saturated heterocycles. The third-order valence-electron chi connectivity index (χ3n) is 2.53. The van der Waals surface area contributed by atoms with Crippen LogP contribution in [-0.4, -0.2) is 19.0 Å². The molecular weight excluding hydrogens is 198 g/mol. The van der Waals surface area contributed by atoms with E-state index in [-0.39, 0.29) is 5.78 Å². The molecule has 2 nitrogen and oxygen atoms in total. The van der Waals surface area contributed by atoms with Crippen LogP contribution in [0.1, 0.15) is 16.8 Å². The molecule has 2 aromatic carbocycles. The van der Waals surface area contributed by atoms with E-state index in [2.05, 4.69) is 4.99 Å². The van der Waals surface area contributed by atoms with Gasteiger partial charge in [0.15, 0.2) is 5.78 Å². The van der Waals surface area contributed by atoms with Gasteiger partial charge in [0, 0.05) is 25.2 Å². The summed E-state index contributed by atoms with van der Waals surface area (Å²) in [6.45, 7) is 0. The highest BCUT2D eigenvalue weighted by molar-refractivity contribution is 6.05. The van der Waals surface area contributed by atoms with Crippen LogP contribution in [0.2, 0.25) is 0 Å². The highest BCUT2D eigenvalue weighted by Crippen LogP contribution is 2.16. The molecule has 0 aromatic heterocycles. The Bertz CT molecular complexity index is 543. The minimum atomic E-state index is 0.108. The number of benzene rings is 2. The Labute approximate surface area is 94.6 Å². The molecule has 80 valence electrons. The van der Waals surface area contributed by atoms with Crippen LogP contribution < -0.4 is 0 Å². The first-order valence-electron chi connectivity index (χ1n) is 5.24. The summed E-state index contributed by atoms with van der Waals surface area (Å²) in [7, 11) is 1.67. The zero-order valence-corrected chi connectivity index (χ0v) is 9.18. The number of Topliss-reactive ketones (excluding diaryl/α,β-unsaturated/α-hetero) is 1. The lowest BCUT2D eigenvalue weighted by atomic mass is 10.0. The predicted molar refractivity (Wildman–Crippen MR) is 67.3 cm³/mol. The molecule has 0 fully saturated rings. The number of ketones is 1. The smallest absolute Gasteiger partial charge is 0.168 e. The fourth-order valence-corrected chi connectivity index (χ4v) is 1.65. The average molecular weight is 211 g/mol. The van der Waals surface area contributed by atoms with Crippen LogP contribution in [0.3, 0.4) is 0 Å². The fraction of sp³-hybridized carbons (Fsp3) is 0.143. The summed E-state index contributed by atoms with van der Waals surface area (Å²) in [5.74, 6) is 0.108. The van der Waals surface area contributed by atoms with Crippen LogP contribution in [0.15, 0.2) is 47.5 Å². The molecule has 16 heavy (non-hydrogen) atoms. The molecule has 0 bridgehead atoms. The topological polar surface area (TPSA) is 29.4 Å². The molecule has 0 aliphatic heterocycles. The van der Waals surface area contributed by atoms with Gasteiger partial charge in [-0.2, -0.15) is 0 Å². The van der Waals surface area contributed by atoms with Crippen molar-refractivity contribution in [2.45, 2.75) is 6.42 Å². The van der Waals surface area contributed by atoms with Crippen molar-refractivity contribution < 1.29 is 4.79 Å². The number of fused-ring (bicyclic) bond motifs is 1. The number of nitrogens with zero attached hydrogens (tertiary/aromatic N) is 1. The van der Waals surface area contributed by atoms with Crippen molar-refractivity contribution in [3.05, 3.63) is 48.0 Å². The van der Waals surface area contributed by atoms with E-state index in [4.69, 9.17) is 0 Å². The monoisotopic (exact) mass is 211 g/mol. The summed E-state index contributed by atoms with van der Waals surface area (Å²) in [5, 5.41) is 2.25. The molecule has 0 N–H and O–H groups in total. The molecule has 0 radical (unpaired) electrons. The molecule has 0 saturated carbocycles. The van der Waals surface area contributed by atoms with Crippen molar-refractivity contribution in [1.29, 1.82) is 0 Å². The number of hydrogen-bond donors (Lipinski definition) is 0. The van der Waals surface area contributed by atoms with Gasteiger partial charge in [-0.05, 0) is 16.8 Å². The van der Waals surface area contributed by atoms with Gasteiger partial charge in [0.05, 0.1) is 0 Å². The van der Waals surface area contributed by atoms with Crippen LogP contribution >= 0.6 is 0 Å². The molecule has 2 aromatic rings. The number of carbonyl (C=O) groups excluding carboxylic acids is 1. The fourth-order valence-electron chi connectivity index (χ4n) is 1.65. The SMILES string of the molecule is CN=CCC(=O)c1ccc2ccccc2c1. The number of carbonyl (C=O) groups is 1. The molecular formula is C14H13NO. The van der Waals surface area contributed by atoms with Crippen molar-refractivity contribution in [3.8, 4) is 0 Å². The van der Waals surface area contributed by atoms with Gasteiger partial charge in [-0.1, -0.05) is 36.4 Å². The average Bonchev–Trinajstić information content (AvgIpc) is 2.35. The Balaban J connectivity index is 2.35. The van der Waals surface area contributed by atoms with Crippen molar-refractivity contribution in [3.63, 3.8) is 0 Å². The highest BCUT2D eigenvalue weighted by Gasteiger charge is 2.04. The molecule has 0 heterocycles. The van der Waals surface area contributed by atoms with Crippen LogP contribution in [0.25, 0.3) is 10.8 Å². The summed E-state index contributed by atoms with van der Waals surface area (Å²) >= 11 is 0.